The van der Waals surface area contributed by atoms with E-state index < -0.39 is 0 Å². The molecule has 76 valence electrons. The lowest BCUT2D eigenvalue weighted by Gasteiger charge is -2.14. The minimum absolute atomic E-state index is 0.145. The second-order valence-electron chi connectivity index (χ2n) is 4.21. The lowest BCUT2D eigenvalue weighted by molar-refractivity contribution is 0.692. The molecule has 1 aliphatic carbocycles. The van der Waals surface area contributed by atoms with Crippen molar-refractivity contribution >= 4 is 0 Å². The van der Waals surface area contributed by atoms with E-state index in [1.54, 1.807) is 6.33 Å². The van der Waals surface area contributed by atoms with Crippen molar-refractivity contribution in [3.05, 3.63) is 48.0 Å². The van der Waals surface area contributed by atoms with Crippen molar-refractivity contribution < 1.29 is 0 Å². The summed E-state index contributed by atoms with van der Waals surface area (Å²) in [4.78, 5) is 0. The predicted molar refractivity (Wildman–Crippen MR) is 57.5 cm³/mol. The van der Waals surface area contributed by atoms with Crippen molar-refractivity contribution in [1.82, 2.24) is 14.8 Å². The lowest BCUT2D eigenvalue weighted by atomic mass is 9.95. The Morgan fingerprint density at radius 1 is 1.20 bits per heavy atom. The summed E-state index contributed by atoms with van der Waals surface area (Å²) < 4.78 is 2.03. The third kappa shape index (κ3) is 1.19. The fraction of sp³-hybridized carbons (Fsp3) is 0.333. The van der Waals surface area contributed by atoms with Gasteiger partial charge in [0, 0.05) is 7.05 Å². The van der Waals surface area contributed by atoms with Crippen LogP contribution in [0.5, 0.6) is 0 Å². The molecule has 3 heteroatoms. The Morgan fingerprint density at radius 2 is 1.93 bits per heavy atom. The van der Waals surface area contributed by atoms with Gasteiger partial charge in [-0.05, 0) is 18.4 Å². The molecule has 1 heterocycles. The van der Waals surface area contributed by atoms with E-state index in [2.05, 4.69) is 40.5 Å². The maximum absolute atomic E-state index is 4.24. The summed E-state index contributed by atoms with van der Waals surface area (Å²) in [5, 5.41) is 8.21. The maximum atomic E-state index is 4.24. The number of nitrogens with zero attached hydrogens (tertiary/aromatic N) is 3. The van der Waals surface area contributed by atoms with Gasteiger partial charge in [0.2, 0.25) is 0 Å². The van der Waals surface area contributed by atoms with Crippen LogP contribution in [0.4, 0.5) is 0 Å². The van der Waals surface area contributed by atoms with E-state index in [1.807, 2.05) is 11.6 Å². The second kappa shape index (κ2) is 2.92. The van der Waals surface area contributed by atoms with Crippen LogP contribution in [0.25, 0.3) is 0 Å². The highest BCUT2D eigenvalue weighted by Crippen LogP contribution is 2.52. The highest BCUT2D eigenvalue weighted by molar-refractivity contribution is 5.38. The summed E-state index contributed by atoms with van der Waals surface area (Å²) in [6.07, 6.45) is 4.14. The normalized spacial score (nSPS) is 17.7. The van der Waals surface area contributed by atoms with Gasteiger partial charge in [0.15, 0.2) is 0 Å². The number of hydrogen-bond donors (Lipinski definition) is 0. The van der Waals surface area contributed by atoms with Crippen molar-refractivity contribution in [2.75, 3.05) is 0 Å². The molecule has 0 unspecified atom stereocenters. The molecule has 0 atom stereocenters. The summed E-state index contributed by atoms with van der Waals surface area (Å²) in [5.41, 5.74) is 1.51. The maximum Gasteiger partial charge on any atom is 0.143 e. The van der Waals surface area contributed by atoms with Crippen LogP contribution in [0.3, 0.4) is 0 Å². The van der Waals surface area contributed by atoms with E-state index in [9.17, 15) is 0 Å². The standard InChI is InChI=1S/C12H13N3/c1-15-9-13-14-11(15)12(7-8-12)10-5-3-2-4-6-10/h2-6,9H,7-8H2,1H3. The molecule has 1 aliphatic rings. The van der Waals surface area contributed by atoms with Gasteiger partial charge < -0.3 is 4.57 Å². The first-order valence-electron chi connectivity index (χ1n) is 5.23. The van der Waals surface area contributed by atoms with Crippen LogP contribution in [0.15, 0.2) is 36.7 Å². The van der Waals surface area contributed by atoms with Crippen LogP contribution >= 0.6 is 0 Å². The quantitative estimate of drug-likeness (QED) is 0.739. The van der Waals surface area contributed by atoms with Crippen molar-refractivity contribution in [1.29, 1.82) is 0 Å². The highest BCUT2D eigenvalue weighted by atomic mass is 15.3. The van der Waals surface area contributed by atoms with E-state index in [0.717, 1.165) is 5.82 Å². The van der Waals surface area contributed by atoms with E-state index >= 15 is 0 Å². The first-order chi connectivity index (χ1) is 7.33. The van der Waals surface area contributed by atoms with Crippen molar-refractivity contribution in [3.63, 3.8) is 0 Å². The van der Waals surface area contributed by atoms with Crippen molar-refractivity contribution in [3.8, 4) is 0 Å². The SMILES string of the molecule is Cn1cnnc1C1(c2ccccc2)CC1. The molecular formula is C12H13N3. The van der Waals surface area contributed by atoms with Gasteiger partial charge in [0.25, 0.3) is 0 Å². The van der Waals surface area contributed by atoms with Gasteiger partial charge in [-0.1, -0.05) is 30.3 Å². The molecule has 0 spiro atoms. The molecular weight excluding hydrogens is 186 g/mol. The van der Waals surface area contributed by atoms with Crippen LogP contribution in [0, 0.1) is 0 Å². The largest absolute Gasteiger partial charge is 0.320 e. The summed E-state index contributed by atoms with van der Waals surface area (Å²) >= 11 is 0. The molecule has 1 aromatic heterocycles. The molecule has 0 bridgehead atoms. The van der Waals surface area contributed by atoms with Gasteiger partial charge in [-0.15, -0.1) is 10.2 Å². The Balaban J connectivity index is 2.10. The minimum Gasteiger partial charge on any atom is -0.320 e. The summed E-state index contributed by atoms with van der Waals surface area (Å²) in [5.74, 6) is 1.09. The lowest BCUT2D eigenvalue weighted by Crippen LogP contribution is -2.14. The molecule has 2 aromatic rings. The van der Waals surface area contributed by atoms with Crippen molar-refractivity contribution in [2.24, 2.45) is 7.05 Å². The number of hydrogen-bond acceptors (Lipinski definition) is 2. The predicted octanol–water partition coefficient (Wildman–Crippen LogP) is 1.89. The Morgan fingerprint density at radius 3 is 2.47 bits per heavy atom. The monoisotopic (exact) mass is 199 g/mol. The second-order valence-corrected chi connectivity index (χ2v) is 4.21. The van der Waals surface area contributed by atoms with E-state index in [4.69, 9.17) is 0 Å². The molecule has 0 aliphatic heterocycles. The van der Waals surface area contributed by atoms with Crippen LogP contribution in [-0.2, 0) is 12.5 Å². The summed E-state index contributed by atoms with van der Waals surface area (Å²) in [6.45, 7) is 0. The molecule has 0 radical (unpaired) electrons. The Bertz CT molecular complexity index is 469. The number of benzene rings is 1. The summed E-state index contributed by atoms with van der Waals surface area (Å²) in [6, 6.07) is 10.6. The number of aryl methyl sites for hydroxylation is 1. The average Bonchev–Trinajstić information content (AvgIpc) is 2.98. The van der Waals surface area contributed by atoms with Crippen LogP contribution in [-0.4, -0.2) is 14.8 Å². The topological polar surface area (TPSA) is 30.7 Å². The van der Waals surface area contributed by atoms with Crippen LogP contribution in [0.1, 0.15) is 24.2 Å². The van der Waals surface area contributed by atoms with E-state index in [-0.39, 0.29) is 5.41 Å². The van der Waals surface area contributed by atoms with Gasteiger partial charge in [0.05, 0.1) is 5.41 Å². The molecule has 0 saturated heterocycles. The zero-order valence-corrected chi connectivity index (χ0v) is 8.72. The molecule has 1 fully saturated rings. The molecule has 1 aromatic carbocycles. The molecule has 1 saturated carbocycles. The highest BCUT2D eigenvalue weighted by Gasteiger charge is 2.49. The fourth-order valence-corrected chi connectivity index (χ4v) is 2.24. The third-order valence-corrected chi connectivity index (χ3v) is 3.22. The Labute approximate surface area is 88.8 Å². The Kier molecular flexibility index (Phi) is 1.69. The van der Waals surface area contributed by atoms with Crippen LogP contribution in [0.2, 0.25) is 0 Å². The zero-order valence-electron chi connectivity index (χ0n) is 8.72. The van der Waals surface area contributed by atoms with Crippen molar-refractivity contribution in [2.45, 2.75) is 18.3 Å². The fourth-order valence-electron chi connectivity index (χ4n) is 2.24. The van der Waals surface area contributed by atoms with E-state index in [1.165, 1.54) is 18.4 Å². The third-order valence-electron chi connectivity index (χ3n) is 3.22. The van der Waals surface area contributed by atoms with E-state index in [0.29, 0.717) is 0 Å². The first-order valence-corrected chi connectivity index (χ1v) is 5.23. The number of aromatic nitrogens is 3. The van der Waals surface area contributed by atoms with Gasteiger partial charge in [-0.2, -0.15) is 0 Å². The van der Waals surface area contributed by atoms with Crippen LogP contribution < -0.4 is 0 Å². The molecule has 0 N–H and O–H groups in total. The summed E-state index contributed by atoms with van der Waals surface area (Å²) in [7, 11) is 2.01. The molecule has 15 heavy (non-hydrogen) atoms. The molecule has 3 rings (SSSR count). The van der Waals surface area contributed by atoms with Gasteiger partial charge in [-0.25, -0.2) is 0 Å². The average molecular weight is 199 g/mol. The molecule has 0 amide bonds. The smallest absolute Gasteiger partial charge is 0.143 e. The minimum atomic E-state index is 0.145. The zero-order chi connectivity index (χ0) is 10.3. The first kappa shape index (κ1) is 8.65. The number of rotatable bonds is 2. The molecule has 3 nitrogen and oxygen atoms in total. The van der Waals surface area contributed by atoms with Gasteiger partial charge in [0.1, 0.15) is 12.2 Å². The van der Waals surface area contributed by atoms with Gasteiger partial charge >= 0.3 is 0 Å². The Hall–Kier alpha value is -1.64. The van der Waals surface area contributed by atoms with Gasteiger partial charge in [-0.3, -0.25) is 0 Å².